The molecule has 7 nitrogen and oxygen atoms in total. The number of para-hydroxylation sites is 2. The van der Waals surface area contributed by atoms with Gasteiger partial charge in [-0.25, -0.2) is 9.50 Å². The van der Waals surface area contributed by atoms with Crippen molar-refractivity contribution in [2.24, 2.45) is 0 Å². The van der Waals surface area contributed by atoms with Crippen molar-refractivity contribution < 1.29 is 27.4 Å². The van der Waals surface area contributed by atoms with E-state index in [1.54, 1.807) is 48.5 Å². The Morgan fingerprint density at radius 1 is 1.09 bits per heavy atom. The van der Waals surface area contributed by atoms with Crippen LogP contribution in [0.5, 0.6) is 11.5 Å². The van der Waals surface area contributed by atoms with E-state index in [2.05, 4.69) is 15.4 Å². The number of hydrogen-bond donors (Lipinski definition) is 1. The average molecular weight is 454 g/mol. The van der Waals surface area contributed by atoms with E-state index in [0.29, 0.717) is 21.6 Å². The maximum Gasteiger partial charge on any atom is 0.433 e. The van der Waals surface area contributed by atoms with E-state index in [-0.39, 0.29) is 30.1 Å². The Morgan fingerprint density at radius 3 is 2.58 bits per heavy atom. The highest BCUT2D eigenvalue weighted by molar-refractivity contribution is 5.99. The summed E-state index contributed by atoms with van der Waals surface area (Å²) in [7, 11) is 0. The van der Waals surface area contributed by atoms with Gasteiger partial charge in [-0.15, -0.1) is 0 Å². The smallest absolute Gasteiger partial charge is 0.433 e. The lowest BCUT2D eigenvalue weighted by Gasteiger charge is -2.26. The third-order valence-electron chi connectivity index (χ3n) is 5.13. The average Bonchev–Trinajstić information content (AvgIpc) is 3.26. The van der Waals surface area contributed by atoms with Crippen LogP contribution in [0.25, 0.3) is 16.9 Å². The molecule has 0 radical (unpaired) electrons. The van der Waals surface area contributed by atoms with Crippen LogP contribution in [0.3, 0.4) is 0 Å². The molecule has 10 heteroatoms. The van der Waals surface area contributed by atoms with Crippen LogP contribution in [-0.2, 0) is 6.18 Å². The van der Waals surface area contributed by atoms with Crippen LogP contribution in [0.1, 0.15) is 16.1 Å². The molecule has 5 rings (SSSR count). The maximum absolute atomic E-state index is 13.7. The molecule has 1 amide bonds. The van der Waals surface area contributed by atoms with Gasteiger partial charge in [-0.3, -0.25) is 4.79 Å². The fourth-order valence-electron chi connectivity index (χ4n) is 3.55. The van der Waals surface area contributed by atoms with E-state index in [0.717, 1.165) is 12.3 Å². The molecule has 0 saturated heterocycles. The highest BCUT2D eigenvalue weighted by atomic mass is 19.4. The van der Waals surface area contributed by atoms with Crippen molar-refractivity contribution in [2.75, 3.05) is 13.2 Å². The Morgan fingerprint density at radius 2 is 1.82 bits per heavy atom. The number of halogens is 3. The molecule has 2 aromatic carbocycles. The van der Waals surface area contributed by atoms with Gasteiger partial charge in [0.15, 0.2) is 22.8 Å². The largest absolute Gasteiger partial charge is 0.486 e. The summed E-state index contributed by atoms with van der Waals surface area (Å²) in [5.74, 6) is 0.557. The van der Waals surface area contributed by atoms with Gasteiger partial charge in [0.1, 0.15) is 18.3 Å². The summed E-state index contributed by atoms with van der Waals surface area (Å²) in [5.41, 5.74) is -0.705. The monoisotopic (exact) mass is 454 g/mol. The minimum absolute atomic E-state index is 0.0737. The SMILES string of the molecule is O=C(NC[C@H]1COc2ccccc2O1)c1cnn2c(C(F)(F)F)cc(-c3ccccc3)nc12. The lowest BCUT2D eigenvalue weighted by atomic mass is 10.1. The second-order valence-corrected chi connectivity index (χ2v) is 7.39. The van der Waals surface area contributed by atoms with Crippen LogP contribution in [0.15, 0.2) is 66.9 Å². The van der Waals surface area contributed by atoms with Crippen molar-refractivity contribution in [1.82, 2.24) is 19.9 Å². The number of rotatable bonds is 4. The molecule has 2 aromatic heterocycles. The Kier molecular flexibility index (Phi) is 5.12. The first-order valence-electron chi connectivity index (χ1n) is 10.1. The molecule has 4 aromatic rings. The maximum atomic E-state index is 13.7. The summed E-state index contributed by atoms with van der Waals surface area (Å²) in [5, 5.41) is 6.46. The van der Waals surface area contributed by atoms with Crippen LogP contribution in [0.4, 0.5) is 13.2 Å². The molecular weight excluding hydrogens is 437 g/mol. The van der Waals surface area contributed by atoms with Gasteiger partial charge < -0.3 is 14.8 Å². The Hall–Kier alpha value is -4.08. The predicted octanol–water partition coefficient (Wildman–Crippen LogP) is 3.98. The number of carbonyl (C=O) groups excluding carboxylic acids is 1. The number of fused-ring (bicyclic) bond motifs is 2. The number of ether oxygens (including phenoxy) is 2. The van der Waals surface area contributed by atoms with Gasteiger partial charge in [0.05, 0.1) is 18.4 Å². The van der Waals surface area contributed by atoms with Crippen LogP contribution in [-0.4, -0.2) is 39.8 Å². The molecule has 1 N–H and O–H groups in total. The number of amides is 1. The van der Waals surface area contributed by atoms with Gasteiger partial charge >= 0.3 is 6.18 Å². The lowest BCUT2D eigenvalue weighted by Crippen LogP contribution is -2.40. The van der Waals surface area contributed by atoms with E-state index in [1.807, 2.05) is 6.07 Å². The van der Waals surface area contributed by atoms with Gasteiger partial charge in [-0.1, -0.05) is 42.5 Å². The predicted molar refractivity (Wildman–Crippen MR) is 112 cm³/mol. The van der Waals surface area contributed by atoms with E-state index >= 15 is 0 Å². The van der Waals surface area contributed by atoms with E-state index in [1.165, 1.54) is 0 Å². The van der Waals surface area contributed by atoms with E-state index in [4.69, 9.17) is 9.47 Å². The molecule has 168 valence electrons. The van der Waals surface area contributed by atoms with Gasteiger partial charge in [-0.05, 0) is 18.2 Å². The number of alkyl halides is 3. The van der Waals surface area contributed by atoms with E-state index < -0.39 is 23.9 Å². The van der Waals surface area contributed by atoms with E-state index in [9.17, 15) is 18.0 Å². The van der Waals surface area contributed by atoms with Crippen molar-refractivity contribution in [3.8, 4) is 22.8 Å². The molecule has 0 saturated carbocycles. The molecule has 0 bridgehead atoms. The number of carbonyl (C=O) groups is 1. The molecule has 0 aliphatic carbocycles. The highest BCUT2D eigenvalue weighted by Gasteiger charge is 2.36. The van der Waals surface area contributed by atoms with Crippen LogP contribution in [0, 0.1) is 0 Å². The zero-order valence-electron chi connectivity index (χ0n) is 17.0. The zero-order valence-corrected chi connectivity index (χ0v) is 17.0. The van der Waals surface area contributed by atoms with Crippen molar-refractivity contribution in [1.29, 1.82) is 0 Å². The van der Waals surface area contributed by atoms with Crippen LogP contribution < -0.4 is 14.8 Å². The number of benzene rings is 2. The molecule has 0 unspecified atom stereocenters. The lowest BCUT2D eigenvalue weighted by molar-refractivity contribution is -0.142. The summed E-state index contributed by atoms with van der Waals surface area (Å²) < 4.78 is 53.2. The minimum Gasteiger partial charge on any atom is -0.486 e. The first-order chi connectivity index (χ1) is 15.9. The highest BCUT2D eigenvalue weighted by Crippen LogP contribution is 2.33. The fraction of sp³-hybridized carbons (Fsp3) is 0.174. The van der Waals surface area contributed by atoms with Gasteiger partial charge in [0.25, 0.3) is 5.91 Å². The number of hydrogen-bond acceptors (Lipinski definition) is 5. The molecule has 1 aliphatic heterocycles. The van der Waals surface area contributed by atoms with Crippen molar-refractivity contribution in [3.05, 3.63) is 78.1 Å². The quantitative estimate of drug-likeness (QED) is 0.505. The first-order valence-corrected chi connectivity index (χ1v) is 10.1. The van der Waals surface area contributed by atoms with Crippen LogP contribution in [0.2, 0.25) is 0 Å². The zero-order chi connectivity index (χ0) is 23.0. The molecule has 0 fully saturated rings. The molecule has 1 aliphatic rings. The summed E-state index contributed by atoms with van der Waals surface area (Å²) in [4.78, 5) is 17.1. The summed E-state index contributed by atoms with van der Waals surface area (Å²) in [6.07, 6.45) is -4.07. The normalized spacial score (nSPS) is 15.4. The number of aromatic nitrogens is 3. The molecule has 0 spiro atoms. The topological polar surface area (TPSA) is 77.8 Å². The third-order valence-corrected chi connectivity index (χ3v) is 5.13. The minimum atomic E-state index is -4.69. The second-order valence-electron chi connectivity index (χ2n) is 7.39. The Labute approximate surface area is 185 Å². The number of nitrogens with zero attached hydrogens (tertiary/aromatic N) is 3. The summed E-state index contributed by atoms with van der Waals surface area (Å²) in [6, 6.07) is 16.5. The summed E-state index contributed by atoms with van der Waals surface area (Å²) in [6.45, 7) is 0.315. The van der Waals surface area contributed by atoms with Gasteiger partial charge in [0.2, 0.25) is 0 Å². The fourth-order valence-corrected chi connectivity index (χ4v) is 3.55. The molecule has 33 heavy (non-hydrogen) atoms. The van der Waals surface area contributed by atoms with Crippen molar-refractivity contribution in [2.45, 2.75) is 12.3 Å². The Balaban J connectivity index is 1.43. The van der Waals surface area contributed by atoms with Gasteiger partial charge in [-0.2, -0.15) is 18.3 Å². The molecule has 3 heterocycles. The Bertz CT molecular complexity index is 1320. The van der Waals surface area contributed by atoms with Gasteiger partial charge in [0, 0.05) is 5.56 Å². The standard InChI is InChI=1S/C23H17F3N4O3/c24-23(25,26)20-10-17(14-6-2-1-3-7-14)29-21-16(12-28-30(20)21)22(31)27-11-15-13-32-18-8-4-5-9-19(18)33-15/h1-10,12,15H,11,13H2,(H,27,31)/t15-/m0/s1. The number of nitrogens with one attached hydrogen (secondary N) is 1. The second kappa shape index (κ2) is 8.12. The van der Waals surface area contributed by atoms with Crippen molar-refractivity contribution in [3.63, 3.8) is 0 Å². The molecular formula is C23H17F3N4O3. The molecule has 1 atom stereocenters. The van der Waals surface area contributed by atoms with Crippen LogP contribution >= 0.6 is 0 Å². The summed E-state index contributed by atoms with van der Waals surface area (Å²) >= 11 is 0. The third kappa shape index (κ3) is 4.07. The van der Waals surface area contributed by atoms with Crippen molar-refractivity contribution >= 4 is 11.6 Å². The first kappa shape index (κ1) is 20.8.